The van der Waals surface area contributed by atoms with Crippen molar-refractivity contribution in [2.24, 2.45) is 0 Å². The Morgan fingerprint density at radius 2 is 2.47 bits per heavy atom. The summed E-state index contributed by atoms with van der Waals surface area (Å²) >= 11 is 4.59. The highest BCUT2D eigenvalue weighted by Crippen LogP contribution is 2.36. The number of rotatable bonds is 4. The van der Waals surface area contributed by atoms with Crippen molar-refractivity contribution in [3.63, 3.8) is 0 Å². The maximum absolute atomic E-state index is 13.0. The smallest absolute Gasteiger partial charge is 0.310 e. The first-order chi connectivity index (χ1) is 8.99. The molecule has 106 valence electrons. The standard InChI is InChI=1S/C11H16BrN3O3S/c1-3-10(16)18-9-6-14(4-2)7-15(9,17)11-13-5-8(12)19-11/h5,9H,3-4,6-7H2,1-2H3. The molecule has 1 fully saturated rings. The van der Waals surface area contributed by atoms with Crippen LogP contribution < -0.4 is 4.65 Å². The normalized spacial score (nSPS) is 27.7. The molecule has 0 radical (unpaired) electrons. The van der Waals surface area contributed by atoms with Crippen molar-refractivity contribution in [1.29, 1.82) is 0 Å². The quantitative estimate of drug-likeness (QED) is 0.474. The molecule has 1 aromatic heterocycles. The monoisotopic (exact) mass is 349 g/mol. The minimum Gasteiger partial charge on any atom is -0.622 e. The van der Waals surface area contributed by atoms with Crippen LogP contribution in [0.2, 0.25) is 0 Å². The number of halogens is 1. The van der Waals surface area contributed by atoms with E-state index in [1.54, 1.807) is 13.1 Å². The Balaban J connectivity index is 2.25. The van der Waals surface area contributed by atoms with Gasteiger partial charge in [-0.1, -0.05) is 13.8 Å². The van der Waals surface area contributed by atoms with E-state index in [0.29, 0.717) is 11.7 Å². The third kappa shape index (κ3) is 2.97. The minimum atomic E-state index is -0.731. The Kier molecular flexibility index (Phi) is 4.57. The molecule has 0 saturated carbocycles. The van der Waals surface area contributed by atoms with Gasteiger partial charge in [0.25, 0.3) is 11.4 Å². The number of hydroxylamine groups is 2. The summed E-state index contributed by atoms with van der Waals surface area (Å²) in [5.41, 5.74) is 0. The number of hydrogen-bond acceptors (Lipinski definition) is 6. The summed E-state index contributed by atoms with van der Waals surface area (Å²) in [5, 5.41) is 13.4. The fourth-order valence-electron chi connectivity index (χ4n) is 1.99. The molecule has 1 saturated heterocycles. The van der Waals surface area contributed by atoms with Crippen molar-refractivity contribution in [3.8, 4) is 0 Å². The Morgan fingerprint density at radius 1 is 1.74 bits per heavy atom. The SMILES string of the molecule is CCC(=O)OC1CN(CC)C[N+]1([O-])c1ncc(Br)s1. The predicted molar refractivity (Wildman–Crippen MR) is 77.3 cm³/mol. The minimum absolute atomic E-state index is 0.262. The van der Waals surface area contributed by atoms with Crippen molar-refractivity contribution in [2.45, 2.75) is 26.5 Å². The third-order valence-corrected chi connectivity index (χ3v) is 4.67. The van der Waals surface area contributed by atoms with Crippen LogP contribution in [0.25, 0.3) is 0 Å². The van der Waals surface area contributed by atoms with E-state index in [4.69, 9.17) is 4.74 Å². The summed E-state index contributed by atoms with van der Waals surface area (Å²) < 4.78 is 5.39. The van der Waals surface area contributed by atoms with Crippen molar-refractivity contribution in [2.75, 3.05) is 19.8 Å². The summed E-state index contributed by atoms with van der Waals surface area (Å²) in [6.45, 7) is 5.15. The van der Waals surface area contributed by atoms with Gasteiger partial charge in [-0.05, 0) is 27.3 Å². The molecule has 0 bridgehead atoms. The number of ether oxygens (including phenoxy) is 1. The van der Waals surface area contributed by atoms with E-state index in [1.165, 1.54) is 11.3 Å². The zero-order valence-corrected chi connectivity index (χ0v) is 13.2. The molecule has 8 heteroatoms. The van der Waals surface area contributed by atoms with Gasteiger partial charge >= 0.3 is 5.97 Å². The number of carbonyl (C=O) groups is 1. The molecule has 1 aliphatic rings. The maximum atomic E-state index is 13.0. The molecular weight excluding hydrogens is 334 g/mol. The Labute approximate surface area is 124 Å². The van der Waals surface area contributed by atoms with Crippen molar-refractivity contribution < 1.29 is 9.53 Å². The number of thiazole rings is 1. The number of hydrogen-bond donors (Lipinski definition) is 0. The summed E-state index contributed by atoms with van der Waals surface area (Å²) in [6, 6.07) is 0. The molecule has 2 heterocycles. The number of esters is 1. The average Bonchev–Trinajstić information content (AvgIpc) is 2.95. The highest BCUT2D eigenvalue weighted by Gasteiger charge is 2.45. The number of carbonyl (C=O) groups excluding carboxylic acids is 1. The molecule has 2 unspecified atom stereocenters. The molecule has 1 aliphatic heterocycles. The van der Waals surface area contributed by atoms with Crippen LogP contribution in [0.3, 0.4) is 0 Å². The van der Waals surface area contributed by atoms with Gasteiger partial charge < -0.3 is 9.94 Å². The summed E-state index contributed by atoms with van der Waals surface area (Å²) in [4.78, 5) is 17.6. The first-order valence-corrected chi connectivity index (χ1v) is 7.73. The lowest BCUT2D eigenvalue weighted by molar-refractivity contribution is -0.153. The fraction of sp³-hybridized carbons (Fsp3) is 0.636. The van der Waals surface area contributed by atoms with E-state index < -0.39 is 10.9 Å². The van der Waals surface area contributed by atoms with Gasteiger partial charge in [-0.3, -0.25) is 9.44 Å². The van der Waals surface area contributed by atoms with E-state index >= 15 is 0 Å². The molecule has 2 atom stereocenters. The maximum Gasteiger partial charge on any atom is 0.310 e. The van der Waals surface area contributed by atoms with E-state index in [1.807, 2.05) is 11.8 Å². The second-order valence-electron chi connectivity index (χ2n) is 4.35. The molecular formula is C11H16BrN3O3S. The Bertz CT molecular complexity index is 470. The number of aromatic nitrogens is 1. The summed E-state index contributed by atoms with van der Waals surface area (Å²) in [6.07, 6.45) is 1.14. The Morgan fingerprint density at radius 3 is 3.00 bits per heavy atom. The zero-order chi connectivity index (χ0) is 14.0. The molecule has 2 rings (SSSR count). The molecule has 19 heavy (non-hydrogen) atoms. The van der Waals surface area contributed by atoms with Gasteiger partial charge in [0.05, 0.1) is 16.5 Å². The lowest BCUT2D eigenvalue weighted by Crippen LogP contribution is -2.50. The van der Waals surface area contributed by atoms with Gasteiger partial charge in [-0.15, -0.1) is 0 Å². The molecule has 0 amide bonds. The predicted octanol–water partition coefficient (Wildman–Crippen LogP) is 2.28. The molecule has 0 aliphatic carbocycles. The van der Waals surface area contributed by atoms with Gasteiger partial charge in [0.2, 0.25) is 0 Å². The van der Waals surface area contributed by atoms with Crippen LogP contribution in [0.5, 0.6) is 0 Å². The van der Waals surface area contributed by atoms with Gasteiger partial charge in [0.1, 0.15) is 6.67 Å². The van der Waals surface area contributed by atoms with Crippen LogP contribution in [0.1, 0.15) is 20.3 Å². The highest BCUT2D eigenvalue weighted by molar-refractivity contribution is 9.11. The van der Waals surface area contributed by atoms with Gasteiger partial charge in [-0.2, -0.15) is 4.98 Å². The largest absolute Gasteiger partial charge is 0.622 e. The fourth-order valence-corrected chi connectivity index (χ4v) is 3.24. The van der Waals surface area contributed by atoms with Gasteiger partial charge in [0.15, 0.2) is 0 Å². The van der Waals surface area contributed by atoms with E-state index in [0.717, 1.165) is 10.3 Å². The lowest BCUT2D eigenvalue weighted by Gasteiger charge is -2.38. The Hall–Kier alpha value is -0.540. The van der Waals surface area contributed by atoms with Crippen LogP contribution in [-0.4, -0.2) is 41.8 Å². The van der Waals surface area contributed by atoms with Crippen LogP contribution in [0.15, 0.2) is 9.98 Å². The first kappa shape index (κ1) is 14.9. The van der Waals surface area contributed by atoms with E-state index in [-0.39, 0.29) is 19.1 Å². The summed E-state index contributed by atoms with van der Waals surface area (Å²) in [5.74, 6) is -0.350. The van der Waals surface area contributed by atoms with Crippen molar-refractivity contribution >= 4 is 38.4 Å². The van der Waals surface area contributed by atoms with Crippen molar-refractivity contribution in [1.82, 2.24) is 14.5 Å². The molecule has 0 aromatic carbocycles. The molecule has 6 nitrogen and oxygen atoms in total. The first-order valence-electron chi connectivity index (χ1n) is 6.12. The molecule has 1 aromatic rings. The number of likely N-dealkylation sites (N-methyl/N-ethyl adjacent to an activating group) is 1. The van der Waals surface area contributed by atoms with Crippen molar-refractivity contribution in [3.05, 3.63) is 15.2 Å². The van der Waals surface area contributed by atoms with Crippen LogP contribution >= 0.6 is 27.3 Å². The number of nitrogens with zero attached hydrogens (tertiary/aromatic N) is 3. The second-order valence-corrected chi connectivity index (χ2v) is 6.74. The lowest BCUT2D eigenvalue weighted by atomic mass is 10.4. The van der Waals surface area contributed by atoms with E-state index in [2.05, 4.69) is 20.9 Å². The molecule has 0 N–H and O–H groups in total. The third-order valence-electron chi connectivity index (χ3n) is 3.08. The van der Waals surface area contributed by atoms with Gasteiger partial charge in [-0.25, -0.2) is 4.90 Å². The average molecular weight is 350 g/mol. The molecule has 0 spiro atoms. The van der Waals surface area contributed by atoms with Gasteiger partial charge in [0, 0.05) is 13.0 Å². The van der Waals surface area contributed by atoms with Crippen LogP contribution in [0.4, 0.5) is 5.13 Å². The topological polar surface area (TPSA) is 65.5 Å². The van der Waals surface area contributed by atoms with E-state index in [9.17, 15) is 10.0 Å². The second kappa shape index (κ2) is 5.84. The van der Waals surface area contributed by atoms with Crippen LogP contribution in [0, 0.1) is 5.21 Å². The van der Waals surface area contributed by atoms with Crippen LogP contribution in [-0.2, 0) is 9.53 Å². The zero-order valence-electron chi connectivity index (χ0n) is 10.8. The summed E-state index contributed by atoms with van der Waals surface area (Å²) in [7, 11) is 0. The highest BCUT2D eigenvalue weighted by atomic mass is 79.9. The number of quaternary nitrogens is 1.